The Morgan fingerprint density at radius 3 is 3.00 bits per heavy atom. The highest BCUT2D eigenvalue weighted by molar-refractivity contribution is 5.76. The number of aliphatic hydroxyl groups is 1. The molecular formula is C14H26N2O2. The van der Waals surface area contributed by atoms with Gasteiger partial charge in [0.05, 0.1) is 5.60 Å². The van der Waals surface area contributed by atoms with Crippen molar-refractivity contribution in [2.45, 2.75) is 51.0 Å². The van der Waals surface area contributed by atoms with Crippen LogP contribution in [0, 0.1) is 5.92 Å². The van der Waals surface area contributed by atoms with Crippen molar-refractivity contribution in [2.24, 2.45) is 5.92 Å². The number of nitrogens with zero attached hydrogens (tertiary/aromatic N) is 1. The van der Waals surface area contributed by atoms with Crippen LogP contribution in [0.5, 0.6) is 0 Å². The number of hydrogen-bond donors (Lipinski definition) is 2. The van der Waals surface area contributed by atoms with Crippen molar-refractivity contribution in [1.82, 2.24) is 10.2 Å². The van der Waals surface area contributed by atoms with Crippen LogP contribution in [0.1, 0.15) is 45.4 Å². The van der Waals surface area contributed by atoms with Crippen molar-refractivity contribution in [3.05, 3.63) is 0 Å². The van der Waals surface area contributed by atoms with E-state index >= 15 is 0 Å². The summed E-state index contributed by atoms with van der Waals surface area (Å²) in [6, 6.07) is 0. The second kappa shape index (κ2) is 6.02. The van der Waals surface area contributed by atoms with Crippen molar-refractivity contribution in [1.29, 1.82) is 0 Å². The van der Waals surface area contributed by atoms with Crippen LogP contribution in [0.4, 0.5) is 0 Å². The molecule has 0 aromatic carbocycles. The normalized spacial score (nSPS) is 33.4. The van der Waals surface area contributed by atoms with Crippen molar-refractivity contribution in [3.8, 4) is 0 Å². The van der Waals surface area contributed by atoms with Gasteiger partial charge < -0.3 is 15.3 Å². The van der Waals surface area contributed by atoms with Gasteiger partial charge in [0.25, 0.3) is 0 Å². The molecule has 0 aromatic rings. The highest BCUT2D eigenvalue weighted by Crippen LogP contribution is 2.22. The fourth-order valence-corrected chi connectivity index (χ4v) is 3.09. The number of nitrogens with one attached hydrogen (secondary N) is 1. The first-order chi connectivity index (χ1) is 8.57. The maximum Gasteiger partial charge on any atom is 0.222 e. The molecule has 2 fully saturated rings. The maximum absolute atomic E-state index is 12.1. The molecule has 2 N–H and O–H groups in total. The lowest BCUT2D eigenvalue weighted by atomic mass is 9.92. The summed E-state index contributed by atoms with van der Waals surface area (Å²) in [6.07, 6.45) is 5.84. The monoisotopic (exact) mass is 254 g/mol. The summed E-state index contributed by atoms with van der Waals surface area (Å²) in [6.45, 7) is 5.34. The first-order valence-corrected chi connectivity index (χ1v) is 7.28. The molecule has 2 aliphatic rings. The summed E-state index contributed by atoms with van der Waals surface area (Å²) in [7, 11) is 0. The van der Waals surface area contributed by atoms with Gasteiger partial charge in [0, 0.05) is 19.5 Å². The summed E-state index contributed by atoms with van der Waals surface area (Å²) in [4.78, 5) is 14.0. The van der Waals surface area contributed by atoms with Crippen LogP contribution in [0.25, 0.3) is 0 Å². The SMILES string of the molecule is CC1(O)CCCN(C(=O)CCC2CCCNC2)C1. The third kappa shape index (κ3) is 3.95. The van der Waals surface area contributed by atoms with Crippen molar-refractivity contribution in [2.75, 3.05) is 26.2 Å². The number of rotatable bonds is 3. The van der Waals surface area contributed by atoms with Gasteiger partial charge in [0.2, 0.25) is 5.91 Å². The summed E-state index contributed by atoms with van der Waals surface area (Å²) in [5, 5.41) is 13.4. The fourth-order valence-electron chi connectivity index (χ4n) is 3.09. The number of carbonyl (C=O) groups excluding carboxylic acids is 1. The lowest BCUT2D eigenvalue weighted by Crippen LogP contribution is -2.48. The number of hydrogen-bond acceptors (Lipinski definition) is 3. The van der Waals surface area contributed by atoms with E-state index in [9.17, 15) is 9.90 Å². The van der Waals surface area contributed by atoms with Gasteiger partial charge in [-0.2, -0.15) is 0 Å². The van der Waals surface area contributed by atoms with Gasteiger partial charge in [0.1, 0.15) is 0 Å². The van der Waals surface area contributed by atoms with E-state index in [-0.39, 0.29) is 5.91 Å². The van der Waals surface area contributed by atoms with E-state index in [2.05, 4.69) is 5.32 Å². The smallest absolute Gasteiger partial charge is 0.222 e. The summed E-state index contributed by atoms with van der Waals surface area (Å²) >= 11 is 0. The Bertz CT molecular complexity index is 286. The largest absolute Gasteiger partial charge is 0.388 e. The van der Waals surface area contributed by atoms with Gasteiger partial charge in [0.15, 0.2) is 0 Å². The van der Waals surface area contributed by atoms with Crippen molar-refractivity contribution >= 4 is 5.91 Å². The molecule has 2 atom stereocenters. The first kappa shape index (κ1) is 13.8. The standard InChI is InChI=1S/C14H26N2O2/c1-14(18)7-3-9-16(11-14)13(17)6-5-12-4-2-8-15-10-12/h12,15,18H,2-11H2,1H3. The van der Waals surface area contributed by atoms with Gasteiger partial charge in [-0.05, 0) is 58.0 Å². The Kier molecular flexibility index (Phi) is 4.62. The molecule has 0 aromatic heterocycles. The van der Waals surface area contributed by atoms with E-state index in [0.717, 1.165) is 38.9 Å². The second-order valence-corrected chi connectivity index (χ2v) is 6.17. The van der Waals surface area contributed by atoms with E-state index in [1.54, 1.807) is 0 Å². The van der Waals surface area contributed by atoms with E-state index in [1.807, 2.05) is 11.8 Å². The predicted molar refractivity (Wildman–Crippen MR) is 71.3 cm³/mol. The molecule has 2 unspecified atom stereocenters. The molecule has 104 valence electrons. The van der Waals surface area contributed by atoms with E-state index in [0.29, 0.717) is 18.9 Å². The molecule has 2 rings (SSSR count). The zero-order valence-corrected chi connectivity index (χ0v) is 11.5. The van der Waals surface area contributed by atoms with Crippen LogP contribution in [0.2, 0.25) is 0 Å². The molecule has 1 amide bonds. The maximum atomic E-state index is 12.1. The highest BCUT2D eigenvalue weighted by Gasteiger charge is 2.30. The topological polar surface area (TPSA) is 52.6 Å². The van der Waals surface area contributed by atoms with Gasteiger partial charge in [-0.3, -0.25) is 4.79 Å². The Morgan fingerprint density at radius 2 is 2.33 bits per heavy atom. The van der Waals surface area contributed by atoms with E-state index in [1.165, 1.54) is 12.8 Å². The second-order valence-electron chi connectivity index (χ2n) is 6.17. The highest BCUT2D eigenvalue weighted by atomic mass is 16.3. The van der Waals surface area contributed by atoms with Crippen LogP contribution in [0.3, 0.4) is 0 Å². The number of carbonyl (C=O) groups is 1. The van der Waals surface area contributed by atoms with Gasteiger partial charge in [-0.25, -0.2) is 0 Å². The molecule has 0 saturated carbocycles. The Morgan fingerprint density at radius 1 is 1.50 bits per heavy atom. The molecular weight excluding hydrogens is 228 g/mol. The number of amides is 1. The van der Waals surface area contributed by atoms with Gasteiger partial charge in [-0.15, -0.1) is 0 Å². The minimum Gasteiger partial charge on any atom is -0.388 e. The average molecular weight is 254 g/mol. The molecule has 18 heavy (non-hydrogen) atoms. The van der Waals surface area contributed by atoms with E-state index < -0.39 is 5.60 Å². The van der Waals surface area contributed by atoms with Crippen LogP contribution in [-0.4, -0.2) is 47.7 Å². The molecule has 0 bridgehead atoms. The number of β-amino-alcohol motifs (C(OH)–C–C–N with tert-alkyl or cyclic N) is 1. The third-order valence-electron chi connectivity index (χ3n) is 4.19. The summed E-state index contributed by atoms with van der Waals surface area (Å²) in [5.74, 6) is 0.883. The summed E-state index contributed by atoms with van der Waals surface area (Å²) in [5.41, 5.74) is -0.680. The fraction of sp³-hybridized carbons (Fsp3) is 0.929. The predicted octanol–water partition coefficient (Wildman–Crippen LogP) is 1.14. The van der Waals surface area contributed by atoms with Crippen LogP contribution in [-0.2, 0) is 4.79 Å². The minimum atomic E-state index is -0.680. The Labute approximate surface area is 110 Å². The van der Waals surface area contributed by atoms with Crippen LogP contribution >= 0.6 is 0 Å². The lowest BCUT2D eigenvalue weighted by Gasteiger charge is -2.37. The zero-order chi connectivity index (χ0) is 13.0. The molecule has 0 radical (unpaired) electrons. The quantitative estimate of drug-likeness (QED) is 0.794. The molecule has 4 heteroatoms. The Hall–Kier alpha value is -0.610. The molecule has 0 aliphatic carbocycles. The summed E-state index contributed by atoms with van der Waals surface area (Å²) < 4.78 is 0. The molecule has 2 saturated heterocycles. The molecule has 0 spiro atoms. The van der Waals surface area contributed by atoms with E-state index in [4.69, 9.17) is 0 Å². The van der Waals surface area contributed by atoms with Crippen LogP contribution in [0.15, 0.2) is 0 Å². The van der Waals surface area contributed by atoms with Gasteiger partial charge in [-0.1, -0.05) is 0 Å². The number of piperidine rings is 2. The first-order valence-electron chi connectivity index (χ1n) is 7.28. The molecule has 2 aliphatic heterocycles. The van der Waals surface area contributed by atoms with Crippen molar-refractivity contribution in [3.63, 3.8) is 0 Å². The minimum absolute atomic E-state index is 0.223. The van der Waals surface area contributed by atoms with Gasteiger partial charge >= 0.3 is 0 Å². The number of likely N-dealkylation sites (tertiary alicyclic amines) is 1. The van der Waals surface area contributed by atoms with Crippen LogP contribution < -0.4 is 5.32 Å². The molecule has 4 nitrogen and oxygen atoms in total. The third-order valence-corrected chi connectivity index (χ3v) is 4.19. The average Bonchev–Trinajstić information content (AvgIpc) is 2.36. The Balaban J connectivity index is 1.73. The van der Waals surface area contributed by atoms with Crippen molar-refractivity contribution < 1.29 is 9.90 Å². The molecule has 2 heterocycles. The zero-order valence-electron chi connectivity index (χ0n) is 11.5. The lowest BCUT2D eigenvalue weighted by molar-refractivity contribution is -0.137.